The first-order valence-electron chi connectivity index (χ1n) is 6.88. The third kappa shape index (κ3) is 4.86. The lowest BCUT2D eigenvalue weighted by molar-refractivity contribution is 0.0937. The SMILES string of the molecule is COCCN(C)CCNC(=O)c1cc(N)cn1C(C)C. The number of ether oxygens (including phenoxy) is 1. The minimum absolute atomic E-state index is 0.0875. The van der Waals surface area contributed by atoms with Crippen LogP contribution in [0, 0.1) is 0 Å². The summed E-state index contributed by atoms with van der Waals surface area (Å²) in [6.07, 6.45) is 1.80. The molecule has 0 spiro atoms. The van der Waals surface area contributed by atoms with Gasteiger partial charge in [-0.15, -0.1) is 0 Å². The summed E-state index contributed by atoms with van der Waals surface area (Å²) in [5, 5.41) is 2.92. The zero-order chi connectivity index (χ0) is 15.1. The first kappa shape index (κ1) is 16.5. The van der Waals surface area contributed by atoms with Gasteiger partial charge in [0.2, 0.25) is 0 Å². The Hall–Kier alpha value is -1.53. The summed E-state index contributed by atoms with van der Waals surface area (Å²) in [4.78, 5) is 14.3. The van der Waals surface area contributed by atoms with Gasteiger partial charge in [-0.25, -0.2) is 0 Å². The van der Waals surface area contributed by atoms with Gasteiger partial charge in [0.15, 0.2) is 0 Å². The number of likely N-dealkylation sites (N-methyl/N-ethyl adjacent to an activating group) is 1. The van der Waals surface area contributed by atoms with Crippen molar-refractivity contribution in [1.29, 1.82) is 0 Å². The minimum Gasteiger partial charge on any atom is -0.397 e. The molecule has 0 atom stereocenters. The maximum absolute atomic E-state index is 12.1. The zero-order valence-electron chi connectivity index (χ0n) is 12.8. The fourth-order valence-corrected chi connectivity index (χ4v) is 1.92. The lowest BCUT2D eigenvalue weighted by atomic mass is 10.3. The fourth-order valence-electron chi connectivity index (χ4n) is 1.92. The summed E-state index contributed by atoms with van der Waals surface area (Å²) >= 11 is 0. The Morgan fingerprint density at radius 1 is 1.50 bits per heavy atom. The molecule has 6 nitrogen and oxygen atoms in total. The van der Waals surface area contributed by atoms with Gasteiger partial charge < -0.3 is 25.3 Å². The van der Waals surface area contributed by atoms with Crippen molar-refractivity contribution in [2.75, 3.05) is 46.1 Å². The molecule has 1 aromatic rings. The van der Waals surface area contributed by atoms with Crippen molar-refractivity contribution >= 4 is 11.6 Å². The molecule has 0 aliphatic heterocycles. The average Bonchev–Trinajstić information content (AvgIpc) is 2.78. The Morgan fingerprint density at radius 2 is 2.20 bits per heavy atom. The molecule has 0 aromatic carbocycles. The van der Waals surface area contributed by atoms with Crippen LogP contribution in [0.1, 0.15) is 30.4 Å². The van der Waals surface area contributed by atoms with Crippen LogP contribution in [0.25, 0.3) is 0 Å². The van der Waals surface area contributed by atoms with Crippen LogP contribution in [0.4, 0.5) is 5.69 Å². The normalized spacial score (nSPS) is 11.3. The number of amides is 1. The summed E-state index contributed by atoms with van der Waals surface area (Å²) in [6, 6.07) is 1.92. The fraction of sp³-hybridized carbons (Fsp3) is 0.643. The Kier molecular flexibility index (Phi) is 6.54. The second-order valence-corrected chi connectivity index (χ2v) is 5.21. The highest BCUT2D eigenvalue weighted by Crippen LogP contribution is 2.16. The van der Waals surface area contributed by atoms with E-state index in [1.165, 1.54) is 0 Å². The number of anilines is 1. The molecule has 3 N–H and O–H groups in total. The molecule has 1 heterocycles. The molecule has 1 aromatic heterocycles. The lowest BCUT2D eigenvalue weighted by Crippen LogP contribution is -2.35. The van der Waals surface area contributed by atoms with Gasteiger partial charge in [-0.3, -0.25) is 4.79 Å². The smallest absolute Gasteiger partial charge is 0.268 e. The monoisotopic (exact) mass is 282 g/mol. The molecule has 1 rings (SSSR count). The molecule has 0 aliphatic carbocycles. The molecule has 6 heteroatoms. The number of carbonyl (C=O) groups is 1. The van der Waals surface area contributed by atoms with Crippen LogP contribution < -0.4 is 11.1 Å². The Bertz CT molecular complexity index is 429. The van der Waals surface area contributed by atoms with E-state index in [1.807, 2.05) is 25.5 Å². The number of hydrogen-bond acceptors (Lipinski definition) is 4. The summed E-state index contributed by atoms with van der Waals surface area (Å²) in [5.74, 6) is -0.0875. The van der Waals surface area contributed by atoms with Crippen molar-refractivity contribution in [3.05, 3.63) is 18.0 Å². The number of nitrogens with zero attached hydrogens (tertiary/aromatic N) is 2. The molecule has 0 unspecified atom stereocenters. The van der Waals surface area contributed by atoms with Crippen molar-refractivity contribution in [3.8, 4) is 0 Å². The van der Waals surface area contributed by atoms with Crippen LogP contribution in [0.2, 0.25) is 0 Å². The maximum Gasteiger partial charge on any atom is 0.268 e. The first-order valence-corrected chi connectivity index (χ1v) is 6.88. The molecule has 0 aliphatic rings. The first-order chi connectivity index (χ1) is 9.45. The Labute approximate surface area is 120 Å². The number of carbonyl (C=O) groups excluding carboxylic acids is 1. The van der Waals surface area contributed by atoms with E-state index < -0.39 is 0 Å². The molecular formula is C14H26N4O2. The molecule has 114 valence electrons. The quantitative estimate of drug-likeness (QED) is 0.745. The van der Waals surface area contributed by atoms with Gasteiger partial charge >= 0.3 is 0 Å². The molecular weight excluding hydrogens is 256 g/mol. The number of methoxy groups -OCH3 is 1. The van der Waals surface area contributed by atoms with Crippen molar-refractivity contribution in [3.63, 3.8) is 0 Å². The molecule has 1 amide bonds. The van der Waals surface area contributed by atoms with Gasteiger partial charge in [-0.2, -0.15) is 0 Å². The largest absolute Gasteiger partial charge is 0.397 e. The van der Waals surface area contributed by atoms with E-state index in [1.54, 1.807) is 19.4 Å². The number of aromatic nitrogens is 1. The summed E-state index contributed by atoms with van der Waals surface area (Å²) < 4.78 is 6.90. The molecule has 20 heavy (non-hydrogen) atoms. The van der Waals surface area contributed by atoms with Gasteiger partial charge in [-0.1, -0.05) is 0 Å². The van der Waals surface area contributed by atoms with Gasteiger partial charge in [-0.05, 0) is 27.0 Å². The van der Waals surface area contributed by atoms with Crippen LogP contribution in [0.15, 0.2) is 12.3 Å². The summed E-state index contributed by atoms with van der Waals surface area (Å²) in [5.41, 5.74) is 6.98. The molecule has 0 radical (unpaired) electrons. The predicted octanol–water partition coefficient (Wildman–Crippen LogP) is 0.959. The van der Waals surface area contributed by atoms with E-state index in [-0.39, 0.29) is 11.9 Å². The molecule has 0 fully saturated rings. The van der Waals surface area contributed by atoms with Crippen LogP contribution in [0.5, 0.6) is 0 Å². The topological polar surface area (TPSA) is 72.5 Å². The van der Waals surface area contributed by atoms with Gasteiger partial charge in [0.05, 0.1) is 12.3 Å². The lowest BCUT2D eigenvalue weighted by Gasteiger charge is -2.17. The van der Waals surface area contributed by atoms with Crippen LogP contribution in [-0.4, -0.2) is 55.8 Å². The minimum atomic E-state index is -0.0875. The number of nitrogens with one attached hydrogen (secondary N) is 1. The third-order valence-corrected chi connectivity index (χ3v) is 3.11. The third-order valence-electron chi connectivity index (χ3n) is 3.11. The van der Waals surface area contributed by atoms with Crippen molar-refractivity contribution < 1.29 is 9.53 Å². The average molecular weight is 282 g/mol. The summed E-state index contributed by atoms with van der Waals surface area (Å²) in [6.45, 7) is 6.97. The molecule has 0 bridgehead atoms. The van der Waals surface area contributed by atoms with Crippen molar-refractivity contribution in [1.82, 2.24) is 14.8 Å². The number of nitrogen functional groups attached to an aromatic ring is 1. The number of nitrogens with two attached hydrogens (primary N) is 1. The van der Waals surface area contributed by atoms with Gasteiger partial charge in [0.1, 0.15) is 5.69 Å². The van der Waals surface area contributed by atoms with Crippen LogP contribution >= 0.6 is 0 Å². The maximum atomic E-state index is 12.1. The highest BCUT2D eigenvalue weighted by Gasteiger charge is 2.14. The Balaban J connectivity index is 2.47. The second kappa shape index (κ2) is 7.91. The highest BCUT2D eigenvalue weighted by atomic mass is 16.5. The molecule has 0 saturated carbocycles. The summed E-state index contributed by atoms with van der Waals surface area (Å²) in [7, 11) is 3.68. The van der Waals surface area contributed by atoms with Crippen LogP contribution in [-0.2, 0) is 4.74 Å². The Morgan fingerprint density at radius 3 is 2.80 bits per heavy atom. The van der Waals surface area contributed by atoms with E-state index in [0.29, 0.717) is 24.5 Å². The van der Waals surface area contributed by atoms with E-state index in [9.17, 15) is 4.79 Å². The van der Waals surface area contributed by atoms with E-state index in [2.05, 4.69) is 10.2 Å². The van der Waals surface area contributed by atoms with E-state index >= 15 is 0 Å². The van der Waals surface area contributed by atoms with Crippen molar-refractivity contribution in [2.24, 2.45) is 0 Å². The van der Waals surface area contributed by atoms with E-state index in [0.717, 1.165) is 13.1 Å². The zero-order valence-corrected chi connectivity index (χ0v) is 12.8. The highest BCUT2D eigenvalue weighted by molar-refractivity contribution is 5.93. The number of hydrogen-bond donors (Lipinski definition) is 2. The molecule has 0 saturated heterocycles. The van der Waals surface area contributed by atoms with Crippen LogP contribution in [0.3, 0.4) is 0 Å². The van der Waals surface area contributed by atoms with E-state index in [4.69, 9.17) is 10.5 Å². The second-order valence-electron chi connectivity index (χ2n) is 5.21. The predicted molar refractivity (Wildman–Crippen MR) is 80.9 cm³/mol. The van der Waals surface area contributed by atoms with Gasteiger partial charge in [0, 0.05) is 39.0 Å². The van der Waals surface area contributed by atoms with Gasteiger partial charge in [0.25, 0.3) is 5.91 Å². The van der Waals surface area contributed by atoms with Crippen molar-refractivity contribution in [2.45, 2.75) is 19.9 Å². The standard InChI is InChI=1S/C14H26N4O2/c1-11(2)18-10-12(15)9-13(18)14(19)16-5-6-17(3)7-8-20-4/h9-11H,5-8,15H2,1-4H3,(H,16,19). The number of rotatable bonds is 8.